The number of para-hydroxylation sites is 1. The Labute approximate surface area is 178 Å². The van der Waals surface area contributed by atoms with E-state index in [-0.39, 0.29) is 17.8 Å². The van der Waals surface area contributed by atoms with Crippen LogP contribution < -0.4 is 5.73 Å². The topological polar surface area (TPSA) is 51.2 Å². The normalized spacial score (nSPS) is 12.2. The highest BCUT2D eigenvalue weighted by Crippen LogP contribution is 2.44. The molecule has 0 aliphatic carbocycles. The van der Waals surface area contributed by atoms with Crippen LogP contribution in [0.3, 0.4) is 0 Å². The molecule has 0 amide bonds. The van der Waals surface area contributed by atoms with Gasteiger partial charge in [-0.2, -0.15) is 13.2 Å². The average molecular weight is 422 g/mol. The standard InChI is InChI=1S/C25H21F3N2O/c26-25(27,28)22-15-7-14-21(23(22)30-16-8-13-20(30)17-29)24(31,18-9-3-1-4-10-18)19-11-5-2-6-12-19/h1-16,31H,17,29H2. The lowest BCUT2D eigenvalue weighted by atomic mass is 9.78. The summed E-state index contributed by atoms with van der Waals surface area (Å²) in [5, 5.41) is 12.1. The molecular formula is C25H21F3N2O. The highest BCUT2D eigenvalue weighted by molar-refractivity contribution is 5.60. The number of rotatable bonds is 5. The summed E-state index contributed by atoms with van der Waals surface area (Å²) in [5.41, 5.74) is 4.54. The van der Waals surface area contributed by atoms with Gasteiger partial charge < -0.3 is 15.4 Å². The van der Waals surface area contributed by atoms with Crippen molar-refractivity contribution in [3.8, 4) is 5.69 Å². The first-order chi connectivity index (χ1) is 14.9. The van der Waals surface area contributed by atoms with E-state index in [4.69, 9.17) is 5.73 Å². The van der Waals surface area contributed by atoms with Crippen molar-refractivity contribution in [2.75, 3.05) is 0 Å². The van der Waals surface area contributed by atoms with Gasteiger partial charge in [0, 0.05) is 24.0 Å². The number of halogens is 3. The molecule has 3 N–H and O–H groups in total. The minimum absolute atomic E-state index is 0.0493. The smallest absolute Gasteiger partial charge is 0.376 e. The molecule has 0 fully saturated rings. The van der Waals surface area contributed by atoms with Gasteiger partial charge in [-0.1, -0.05) is 72.8 Å². The molecule has 0 saturated heterocycles. The number of nitrogens with zero attached hydrogens (tertiary/aromatic N) is 1. The van der Waals surface area contributed by atoms with Crippen LogP contribution >= 0.6 is 0 Å². The minimum Gasteiger partial charge on any atom is -0.376 e. The first kappa shape index (κ1) is 20.9. The Kier molecular flexibility index (Phi) is 5.43. The van der Waals surface area contributed by atoms with Gasteiger partial charge in [0.05, 0.1) is 11.3 Å². The second-order valence-electron chi connectivity index (χ2n) is 7.22. The quantitative estimate of drug-likeness (QED) is 0.432. The summed E-state index contributed by atoms with van der Waals surface area (Å²) in [6.45, 7) is 0.0493. The third-order valence-corrected chi connectivity index (χ3v) is 5.40. The number of benzene rings is 3. The van der Waals surface area contributed by atoms with Crippen LogP contribution in [-0.4, -0.2) is 9.67 Å². The Balaban J connectivity index is 2.13. The number of alkyl halides is 3. The van der Waals surface area contributed by atoms with E-state index in [0.717, 1.165) is 6.07 Å². The number of nitrogens with two attached hydrogens (primary N) is 1. The molecule has 1 heterocycles. The molecule has 0 radical (unpaired) electrons. The fourth-order valence-electron chi connectivity index (χ4n) is 3.96. The summed E-state index contributed by atoms with van der Waals surface area (Å²) in [6, 6.07) is 24.6. The highest BCUT2D eigenvalue weighted by Gasteiger charge is 2.41. The molecule has 0 saturated carbocycles. The van der Waals surface area contributed by atoms with Crippen molar-refractivity contribution in [2.45, 2.75) is 18.3 Å². The SMILES string of the molecule is NCc1cccn1-c1c(C(F)(F)F)cccc1C(O)(c1ccccc1)c1ccccc1. The summed E-state index contributed by atoms with van der Waals surface area (Å²) in [5.74, 6) is 0. The van der Waals surface area contributed by atoms with Gasteiger partial charge in [-0.3, -0.25) is 0 Å². The second kappa shape index (κ2) is 8.06. The van der Waals surface area contributed by atoms with E-state index in [2.05, 4.69) is 0 Å². The molecule has 0 unspecified atom stereocenters. The first-order valence-corrected chi connectivity index (χ1v) is 9.78. The van der Waals surface area contributed by atoms with Crippen LogP contribution in [0.1, 0.15) is 27.9 Å². The molecule has 4 rings (SSSR count). The summed E-state index contributed by atoms with van der Waals surface area (Å²) in [4.78, 5) is 0. The average Bonchev–Trinajstić information content (AvgIpc) is 3.27. The zero-order valence-corrected chi connectivity index (χ0v) is 16.6. The molecule has 0 spiro atoms. The maximum atomic E-state index is 14.1. The molecule has 1 aromatic heterocycles. The van der Waals surface area contributed by atoms with Crippen molar-refractivity contribution in [1.29, 1.82) is 0 Å². The van der Waals surface area contributed by atoms with E-state index >= 15 is 0 Å². The Bertz CT molecular complexity index is 1130. The van der Waals surface area contributed by atoms with Gasteiger partial charge in [-0.05, 0) is 29.3 Å². The summed E-state index contributed by atoms with van der Waals surface area (Å²) >= 11 is 0. The third kappa shape index (κ3) is 3.65. The predicted molar refractivity (Wildman–Crippen MR) is 114 cm³/mol. The Morgan fingerprint density at radius 1 is 0.710 bits per heavy atom. The molecule has 3 nitrogen and oxygen atoms in total. The van der Waals surface area contributed by atoms with Gasteiger partial charge in [0.2, 0.25) is 0 Å². The number of aliphatic hydroxyl groups is 1. The van der Waals surface area contributed by atoms with Gasteiger partial charge in [-0.15, -0.1) is 0 Å². The second-order valence-corrected chi connectivity index (χ2v) is 7.22. The largest absolute Gasteiger partial charge is 0.418 e. The van der Waals surface area contributed by atoms with Crippen molar-refractivity contribution in [1.82, 2.24) is 4.57 Å². The van der Waals surface area contributed by atoms with E-state index in [1.165, 1.54) is 22.9 Å². The molecular weight excluding hydrogens is 401 g/mol. The van der Waals surface area contributed by atoms with E-state index in [0.29, 0.717) is 16.8 Å². The lowest BCUT2D eigenvalue weighted by Crippen LogP contribution is -2.31. The van der Waals surface area contributed by atoms with Crippen molar-refractivity contribution in [3.63, 3.8) is 0 Å². The van der Waals surface area contributed by atoms with Crippen LogP contribution in [0.15, 0.2) is 97.2 Å². The van der Waals surface area contributed by atoms with E-state index in [1.807, 2.05) is 0 Å². The number of hydrogen-bond donors (Lipinski definition) is 2. The predicted octanol–water partition coefficient (Wildman–Crippen LogP) is 5.24. The molecule has 3 aromatic carbocycles. The lowest BCUT2D eigenvalue weighted by molar-refractivity contribution is -0.137. The van der Waals surface area contributed by atoms with Gasteiger partial charge in [0.25, 0.3) is 0 Å². The van der Waals surface area contributed by atoms with E-state index in [9.17, 15) is 18.3 Å². The minimum atomic E-state index is -4.63. The van der Waals surface area contributed by atoms with E-state index in [1.54, 1.807) is 72.8 Å². The summed E-state index contributed by atoms with van der Waals surface area (Å²) in [6.07, 6.45) is -3.09. The maximum Gasteiger partial charge on any atom is 0.418 e. The summed E-state index contributed by atoms with van der Waals surface area (Å²) in [7, 11) is 0. The molecule has 0 aliphatic heterocycles. The van der Waals surface area contributed by atoms with Crippen molar-refractivity contribution in [2.24, 2.45) is 5.73 Å². The zero-order valence-electron chi connectivity index (χ0n) is 16.6. The number of hydrogen-bond acceptors (Lipinski definition) is 2. The van der Waals surface area contributed by atoms with Gasteiger partial charge >= 0.3 is 6.18 Å². The van der Waals surface area contributed by atoms with E-state index < -0.39 is 17.3 Å². The molecule has 4 aromatic rings. The molecule has 158 valence electrons. The molecule has 0 atom stereocenters. The van der Waals surface area contributed by atoms with Crippen LogP contribution in [0.5, 0.6) is 0 Å². The third-order valence-electron chi connectivity index (χ3n) is 5.40. The lowest BCUT2D eigenvalue weighted by Gasteiger charge is -2.33. The Hall–Kier alpha value is -3.35. The van der Waals surface area contributed by atoms with Gasteiger partial charge in [-0.25, -0.2) is 0 Å². The van der Waals surface area contributed by atoms with Crippen molar-refractivity contribution >= 4 is 0 Å². The number of aromatic nitrogens is 1. The first-order valence-electron chi connectivity index (χ1n) is 9.78. The maximum absolute atomic E-state index is 14.1. The monoisotopic (exact) mass is 422 g/mol. The van der Waals surface area contributed by atoms with Crippen molar-refractivity contribution in [3.05, 3.63) is 125 Å². The fraction of sp³-hybridized carbons (Fsp3) is 0.120. The molecule has 6 heteroatoms. The van der Waals surface area contributed by atoms with Gasteiger partial charge in [0.15, 0.2) is 0 Å². The van der Waals surface area contributed by atoms with Crippen molar-refractivity contribution < 1.29 is 18.3 Å². The molecule has 31 heavy (non-hydrogen) atoms. The Morgan fingerprint density at radius 2 is 1.26 bits per heavy atom. The highest BCUT2D eigenvalue weighted by atomic mass is 19.4. The van der Waals surface area contributed by atoms with Crippen LogP contribution in [0, 0.1) is 0 Å². The van der Waals surface area contributed by atoms with Crippen LogP contribution in [0.4, 0.5) is 13.2 Å². The Morgan fingerprint density at radius 3 is 1.77 bits per heavy atom. The van der Waals surface area contributed by atoms with Crippen LogP contribution in [0.2, 0.25) is 0 Å². The summed E-state index contributed by atoms with van der Waals surface area (Å²) < 4.78 is 43.8. The zero-order chi connectivity index (χ0) is 22.1. The molecule has 0 bridgehead atoms. The van der Waals surface area contributed by atoms with Crippen LogP contribution in [0.25, 0.3) is 5.69 Å². The fourth-order valence-corrected chi connectivity index (χ4v) is 3.96. The van der Waals surface area contributed by atoms with Crippen LogP contribution in [-0.2, 0) is 18.3 Å². The van der Waals surface area contributed by atoms with Gasteiger partial charge in [0.1, 0.15) is 5.60 Å². The molecule has 0 aliphatic rings.